The summed E-state index contributed by atoms with van der Waals surface area (Å²) in [5, 5.41) is 0.743. The third-order valence-electron chi connectivity index (χ3n) is 2.86. The number of nitrogens with two attached hydrogens (primary N) is 1. The fourth-order valence-electron chi connectivity index (χ4n) is 1.81. The van der Waals surface area contributed by atoms with E-state index in [0.29, 0.717) is 17.9 Å². The maximum atomic E-state index is 12.9. The number of thioether (sulfide) groups is 1. The lowest BCUT2D eigenvalue weighted by atomic mass is 10.3. The van der Waals surface area contributed by atoms with Crippen LogP contribution in [0.1, 0.15) is 6.92 Å². The number of halogens is 1. The van der Waals surface area contributed by atoms with Gasteiger partial charge in [-0.05, 0) is 43.3 Å². The van der Waals surface area contributed by atoms with Gasteiger partial charge in [0, 0.05) is 12.2 Å². The number of carbonyl (C=O) groups is 1. The van der Waals surface area contributed by atoms with Gasteiger partial charge >= 0.3 is 0 Å². The van der Waals surface area contributed by atoms with Crippen molar-refractivity contribution in [2.45, 2.75) is 11.9 Å². The van der Waals surface area contributed by atoms with Crippen molar-refractivity contribution in [1.29, 1.82) is 0 Å². The van der Waals surface area contributed by atoms with E-state index in [-0.39, 0.29) is 17.5 Å². The van der Waals surface area contributed by atoms with Crippen molar-refractivity contribution in [1.82, 2.24) is 4.98 Å². The van der Waals surface area contributed by atoms with Crippen LogP contribution in [0.3, 0.4) is 0 Å². The predicted octanol–water partition coefficient (Wildman–Crippen LogP) is 2.95. The Bertz CT molecular complexity index is 601. The molecule has 0 saturated heterocycles. The van der Waals surface area contributed by atoms with E-state index in [0.717, 1.165) is 5.03 Å². The monoisotopic (exact) mass is 305 g/mol. The second kappa shape index (κ2) is 7.08. The number of amides is 1. The molecule has 21 heavy (non-hydrogen) atoms. The van der Waals surface area contributed by atoms with E-state index in [9.17, 15) is 9.18 Å². The van der Waals surface area contributed by atoms with Crippen LogP contribution in [-0.2, 0) is 4.79 Å². The van der Waals surface area contributed by atoms with Gasteiger partial charge in [-0.3, -0.25) is 4.79 Å². The molecular formula is C15H16FN3OS. The van der Waals surface area contributed by atoms with Gasteiger partial charge in [-0.2, -0.15) is 0 Å². The van der Waals surface area contributed by atoms with Crippen LogP contribution < -0.4 is 10.6 Å². The van der Waals surface area contributed by atoms with Crippen LogP contribution in [0.5, 0.6) is 0 Å². The molecule has 0 saturated carbocycles. The van der Waals surface area contributed by atoms with Crippen molar-refractivity contribution in [3.63, 3.8) is 0 Å². The van der Waals surface area contributed by atoms with Crippen molar-refractivity contribution in [3.8, 4) is 0 Å². The van der Waals surface area contributed by atoms with E-state index in [2.05, 4.69) is 4.98 Å². The summed E-state index contributed by atoms with van der Waals surface area (Å²) in [6, 6.07) is 9.42. The Balaban J connectivity index is 2.00. The topological polar surface area (TPSA) is 59.2 Å². The number of hydrogen-bond acceptors (Lipinski definition) is 4. The summed E-state index contributed by atoms with van der Waals surface area (Å²) in [5.41, 5.74) is 6.84. The number of pyridine rings is 1. The molecule has 1 amide bonds. The largest absolute Gasteiger partial charge is 0.397 e. The Morgan fingerprint density at radius 1 is 1.29 bits per heavy atom. The van der Waals surface area contributed by atoms with Crippen molar-refractivity contribution in [2.75, 3.05) is 22.9 Å². The van der Waals surface area contributed by atoms with Crippen LogP contribution in [0, 0.1) is 5.82 Å². The Labute approximate surface area is 127 Å². The quantitative estimate of drug-likeness (QED) is 0.863. The molecule has 2 aromatic rings. The average molecular weight is 305 g/mol. The molecule has 0 atom stereocenters. The molecule has 0 fully saturated rings. The zero-order valence-corrected chi connectivity index (χ0v) is 12.4. The smallest absolute Gasteiger partial charge is 0.237 e. The average Bonchev–Trinajstić information content (AvgIpc) is 2.49. The number of hydrogen-bond donors (Lipinski definition) is 1. The lowest BCUT2D eigenvalue weighted by Crippen LogP contribution is -2.32. The summed E-state index contributed by atoms with van der Waals surface area (Å²) in [6.45, 7) is 2.41. The second-order valence-electron chi connectivity index (χ2n) is 4.33. The zero-order chi connectivity index (χ0) is 15.2. The predicted molar refractivity (Wildman–Crippen MR) is 83.8 cm³/mol. The maximum Gasteiger partial charge on any atom is 0.237 e. The van der Waals surface area contributed by atoms with Gasteiger partial charge in [0.2, 0.25) is 5.91 Å². The van der Waals surface area contributed by atoms with Gasteiger partial charge < -0.3 is 10.6 Å². The molecule has 110 valence electrons. The molecule has 2 N–H and O–H groups in total. The minimum absolute atomic E-state index is 0.0484. The van der Waals surface area contributed by atoms with Gasteiger partial charge in [0.05, 0.1) is 22.7 Å². The van der Waals surface area contributed by atoms with Crippen molar-refractivity contribution in [2.24, 2.45) is 0 Å². The van der Waals surface area contributed by atoms with Crippen LogP contribution in [0.4, 0.5) is 15.8 Å². The molecule has 0 bridgehead atoms. The number of anilines is 2. The van der Waals surface area contributed by atoms with Crippen LogP contribution >= 0.6 is 11.8 Å². The SMILES string of the molecule is CCN(C(=O)CSc1ccc(N)cn1)c1ccc(F)cc1. The summed E-state index contributed by atoms with van der Waals surface area (Å²) in [5.74, 6) is -0.0993. The normalized spacial score (nSPS) is 10.4. The highest BCUT2D eigenvalue weighted by Crippen LogP contribution is 2.20. The lowest BCUT2D eigenvalue weighted by molar-refractivity contribution is -0.116. The van der Waals surface area contributed by atoms with Gasteiger partial charge in [-0.1, -0.05) is 11.8 Å². The van der Waals surface area contributed by atoms with Crippen LogP contribution in [-0.4, -0.2) is 23.2 Å². The van der Waals surface area contributed by atoms with Gasteiger partial charge in [-0.25, -0.2) is 9.37 Å². The molecular weight excluding hydrogens is 289 g/mol. The van der Waals surface area contributed by atoms with Crippen LogP contribution in [0.25, 0.3) is 0 Å². The number of rotatable bonds is 5. The van der Waals surface area contributed by atoms with Gasteiger partial charge in [0.15, 0.2) is 0 Å². The van der Waals surface area contributed by atoms with Crippen LogP contribution in [0.15, 0.2) is 47.6 Å². The van der Waals surface area contributed by atoms with Crippen LogP contribution in [0.2, 0.25) is 0 Å². The molecule has 0 unspecified atom stereocenters. The highest BCUT2D eigenvalue weighted by Gasteiger charge is 2.14. The minimum Gasteiger partial charge on any atom is -0.397 e. The molecule has 0 radical (unpaired) electrons. The fourth-order valence-corrected chi connectivity index (χ4v) is 2.53. The molecule has 2 rings (SSSR count). The Morgan fingerprint density at radius 2 is 2.00 bits per heavy atom. The highest BCUT2D eigenvalue weighted by atomic mass is 32.2. The summed E-state index contributed by atoms with van der Waals surface area (Å²) in [6.07, 6.45) is 1.56. The number of carbonyl (C=O) groups excluding carboxylic acids is 1. The molecule has 4 nitrogen and oxygen atoms in total. The van der Waals surface area contributed by atoms with Crippen molar-refractivity contribution >= 4 is 29.0 Å². The number of benzene rings is 1. The third-order valence-corrected chi connectivity index (χ3v) is 3.79. The van der Waals surface area contributed by atoms with Gasteiger partial charge in [0.25, 0.3) is 0 Å². The lowest BCUT2D eigenvalue weighted by Gasteiger charge is -2.20. The summed E-state index contributed by atoms with van der Waals surface area (Å²) in [7, 11) is 0. The molecule has 1 heterocycles. The maximum absolute atomic E-state index is 12.9. The Morgan fingerprint density at radius 3 is 2.57 bits per heavy atom. The van der Waals surface area contributed by atoms with Crippen molar-refractivity contribution in [3.05, 3.63) is 48.4 Å². The number of nitrogens with zero attached hydrogens (tertiary/aromatic N) is 2. The highest BCUT2D eigenvalue weighted by molar-refractivity contribution is 7.99. The molecule has 0 spiro atoms. The van der Waals surface area contributed by atoms with E-state index < -0.39 is 0 Å². The van der Waals surface area contributed by atoms with E-state index in [1.807, 2.05) is 6.92 Å². The van der Waals surface area contributed by atoms with Crippen molar-refractivity contribution < 1.29 is 9.18 Å². The molecule has 0 aliphatic heterocycles. The fraction of sp³-hybridized carbons (Fsp3) is 0.200. The first-order valence-electron chi connectivity index (χ1n) is 6.50. The summed E-state index contributed by atoms with van der Waals surface area (Å²) >= 11 is 1.35. The summed E-state index contributed by atoms with van der Waals surface area (Å²) in [4.78, 5) is 18.0. The first kappa shape index (κ1) is 15.3. The Hall–Kier alpha value is -2.08. The van der Waals surface area contributed by atoms with E-state index in [1.54, 1.807) is 35.4 Å². The van der Waals surface area contributed by atoms with Gasteiger partial charge in [0.1, 0.15) is 5.82 Å². The van der Waals surface area contributed by atoms with Gasteiger partial charge in [-0.15, -0.1) is 0 Å². The molecule has 0 aliphatic rings. The number of aromatic nitrogens is 1. The first-order valence-corrected chi connectivity index (χ1v) is 7.49. The third kappa shape index (κ3) is 4.19. The van der Waals surface area contributed by atoms with E-state index in [1.165, 1.54) is 23.9 Å². The van der Waals surface area contributed by atoms with E-state index in [4.69, 9.17) is 5.73 Å². The summed E-state index contributed by atoms with van der Waals surface area (Å²) < 4.78 is 12.9. The van der Waals surface area contributed by atoms with E-state index >= 15 is 0 Å². The molecule has 6 heteroatoms. The molecule has 1 aromatic heterocycles. The standard InChI is InChI=1S/C15H16FN3OS/c1-2-19(13-6-3-11(16)4-7-13)15(20)10-21-14-8-5-12(17)9-18-14/h3-9H,2,10,17H2,1H3. The first-order chi connectivity index (χ1) is 10.1. The zero-order valence-electron chi connectivity index (χ0n) is 11.6. The molecule has 0 aliphatic carbocycles. The molecule has 1 aromatic carbocycles. The Kier molecular flexibility index (Phi) is 5.16. The minimum atomic E-state index is -0.317. The second-order valence-corrected chi connectivity index (χ2v) is 5.33. The number of nitrogen functional groups attached to an aromatic ring is 1.